The first-order valence-electron chi connectivity index (χ1n) is 8.83. The van der Waals surface area contributed by atoms with E-state index in [4.69, 9.17) is 10.2 Å². The van der Waals surface area contributed by atoms with Gasteiger partial charge in [0, 0.05) is 25.5 Å². The van der Waals surface area contributed by atoms with Crippen LogP contribution in [0, 0.1) is 13.0 Å². The van der Waals surface area contributed by atoms with Crippen LogP contribution in [0.4, 0.5) is 0 Å². The molecule has 2 atom stereocenters. The molecule has 145 valence electrons. The third-order valence-electron chi connectivity index (χ3n) is 3.79. The summed E-state index contributed by atoms with van der Waals surface area (Å²) in [5, 5.41) is 18.3. The Balaban J connectivity index is 0.000000395. The molecule has 0 aliphatic carbocycles. The monoisotopic (exact) mass is 541 g/mol. The summed E-state index contributed by atoms with van der Waals surface area (Å²) in [7, 11) is 0. The smallest absolute Gasteiger partial charge is 0.0598 e. The van der Waals surface area contributed by atoms with Crippen molar-refractivity contribution in [3.63, 3.8) is 0 Å². The summed E-state index contributed by atoms with van der Waals surface area (Å²) < 4.78 is 0. The van der Waals surface area contributed by atoms with Gasteiger partial charge in [-0.2, -0.15) is 0 Å². The van der Waals surface area contributed by atoms with Crippen molar-refractivity contribution in [2.75, 3.05) is 0 Å². The zero-order chi connectivity index (χ0) is 18.9. The Morgan fingerprint density at radius 1 is 0.963 bits per heavy atom. The molecule has 0 aliphatic heterocycles. The number of rotatable bonds is 4. The van der Waals surface area contributed by atoms with Crippen LogP contribution in [-0.2, 0) is 20.1 Å². The number of pyridine rings is 1. The van der Waals surface area contributed by atoms with E-state index in [0.717, 1.165) is 16.8 Å². The molecule has 0 fully saturated rings. The number of aryl methyl sites for hydroxylation is 1. The van der Waals surface area contributed by atoms with Crippen molar-refractivity contribution >= 4 is 17.0 Å². The van der Waals surface area contributed by atoms with E-state index in [2.05, 4.69) is 30.1 Å². The third-order valence-corrected chi connectivity index (χ3v) is 3.79. The molecule has 2 N–H and O–H groups in total. The minimum absolute atomic E-state index is 0. The van der Waals surface area contributed by atoms with Gasteiger partial charge in [0.2, 0.25) is 0 Å². The number of fused-ring (bicyclic) bond motifs is 1. The van der Waals surface area contributed by atoms with Crippen molar-refractivity contribution in [2.45, 2.75) is 39.4 Å². The largest absolute Gasteiger partial charge is 0.393 e. The Morgan fingerprint density at radius 2 is 1.56 bits per heavy atom. The Hall–Kier alpha value is -1.84. The second kappa shape index (κ2) is 11.8. The molecule has 0 amide bonds. The first-order valence-corrected chi connectivity index (χ1v) is 8.83. The summed E-state index contributed by atoms with van der Waals surface area (Å²) in [5.74, 6) is 0. The molecule has 0 bridgehead atoms. The molecule has 27 heavy (non-hydrogen) atoms. The van der Waals surface area contributed by atoms with E-state index in [-0.39, 0.29) is 32.3 Å². The summed E-state index contributed by atoms with van der Waals surface area (Å²) in [6, 6.07) is 20.4. The zero-order valence-electron chi connectivity index (χ0n) is 15.9. The Labute approximate surface area is 175 Å². The molecule has 0 saturated carbocycles. The van der Waals surface area contributed by atoms with Gasteiger partial charge in [0.15, 0.2) is 0 Å². The number of aliphatic hydroxyl groups is 2. The van der Waals surface area contributed by atoms with Gasteiger partial charge in [-0.3, -0.25) is 4.98 Å². The fourth-order valence-corrected chi connectivity index (χ4v) is 2.63. The molecule has 2 unspecified atom stereocenters. The predicted octanol–water partition coefficient (Wildman–Crippen LogP) is 4.54. The maximum Gasteiger partial charge on any atom is 0.0598 e. The van der Waals surface area contributed by atoms with Crippen molar-refractivity contribution < 1.29 is 30.3 Å². The summed E-state index contributed by atoms with van der Waals surface area (Å²) in [6.45, 7) is 5.43. The van der Waals surface area contributed by atoms with E-state index < -0.39 is 0 Å². The van der Waals surface area contributed by atoms with Crippen molar-refractivity contribution in [3.8, 4) is 0 Å². The molecule has 2 aromatic carbocycles. The summed E-state index contributed by atoms with van der Waals surface area (Å²) in [4.78, 5) is 4.63. The van der Waals surface area contributed by atoms with Gasteiger partial charge in [-0.05, 0) is 44.5 Å². The van der Waals surface area contributed by atoms with Gasteiger partial charge in [0.1, 0.15) is 0 Å². The fourth-order valence-electron chi connectivity index (χ4n) is 2.63. The molecule has 1 heterocycles. The topological polar surface area (TPSA) is 53.4 Å². The zero-order valence-corrected chi connectivity index (χ0v) is 18.3. The maximum absolute atomic E-state index is 8.56. The average molecular weight is 541 g/mol. The molecule has 4 heteroatoms. The molecule has 0 spiro atoms. The summed E-state index contributed by atoms with van der Waals surface area (Å²) in [6.07, 6.45) is 4.93. The standard InChI is InChI=1S/C18H14N.C5H12O2.Ir/c1-14-13-16(12-11-15-7-3-2-4-8-15)19-18-10-6-5-9-17(14)18;1-4(6)3-5(2)7;/h2-10,12-13H,1H3;4-7H,3H2,1-2H3;/q-1;;. The van der Waals surface area contributed by atoms with Gasteiger partial charge in [-0.15, -0.1) is 42.0 Å². The van der Waals surface area contributed by atoms with Crippen LogP contribution >= 0.6 is 0 Å². The maximum atomic E-state index is 8.56. The number of nitrogens with zero attached hydrogens (tertiary/aromatic N) is 1. The van der Waals surface area contributed by atoms with Crippen LogP contribution in [0.1, 0.15) is 37.1 Å². The van der Waals surface area contributed by atoms with Gasteiger partial charge in [-0.25, -0.2) is 0 Å². The van der Waals surface area contributed by atoms with E-state index in [1.165, 1.54) is 10.9 Å². The minimum Gasteiger partial charge on any atom is -0.393 e. The Morgan fingerprint density at radius 3 is 2.15 bits per heavy atom. The predicted molar refractivity (Wildman–Crippen MR) is 108 cm³/mol. The Kier molecular flexibility index (Phi) is 10.1. The van der Waals surface area contributed by atoms with Gasteiger partial charge >= 0.3 is 0 Å². The molecular formula is C23H26IrNO2-. The molecule has 1 radical (unpaired) electrons. The number of benzene rings is 2. The summed E-state index contributed by atoms with van der Waals surface area (Å²) >= 11 is 0. The molecular weight excluding hydrogens is 514 g/mol. The van der Waals surface area contributed by atoms with Gasteiger partial charge in [0.05, 0.1) is 17.7 Å². The number of hydrogen-bond donors (Lipinski definition) is 2. The minimum atomic E-state index is -0.375. The SMILES string of the molecule is CC(O)CC(C)O.Cc1cc(C=[C-]c2ccccc2)nc2ccccc12.[Ir]. The third kappa shape index (κ3) is 8.15. The second-order valence-corrected chi connectivity index (χ2v) is 6.47. The van der Waals surface area contributed by atoms with E-state index in [1.807, 2.05) is 54.6 Å². The van der Waals surface area contributed by atoms with Gasteiger partial charge < -0.3 is 10.2 Å². The van der Waals surface area contributed by atoms with Crippen molar-refractivity contribution in [2.24, 2.45) is 0 Å². The van der Waals surface area contributed by atoms with Crippen LogP contribution in [0.25, 0.3) is 17.0 Å². The fraction of sp³-hybridized carbons (Fsp3) is 0.261. The first-order chi connectivity index (χ1) is 12.5. The van der Waals surface area contributed by atoms with Crippen molar-refractivity contribution in [1.82, 2.24) is 4.98 Å². The number of aliphatic hydroxyl groups excluding tert-OH is 2. The van der Waals surface area contributed by atoms with Crippen LogP contribution in [0.15, 0.2) is 60.7 Å². The van der Waals surface area contributed by atoms with E-state index >= 15 is 0 Å². The van der Waals surface area contributed by atoms with Crippen LogP contribution in [0.2, 0.25) is 0 Å². The molecule has 3 nitrogen and oxygen atoms in total. The Bertz CT molecular complexity index is 839. The van der Waals surface area contributed by atoms with Crippen molar-refractivity contribution in [1.29, 1.82) is 0 Å². The van der Waals surface area contributed by atoms with E-state index in [1.54, 1.807) is 13.8 Å². The molecule has 0 saturated heterocycles. The van der Waals surface area contributed by atoms with Gasteiger partial charge in [-0.1, -0.05) is 30.3 Å². The van der Waals surface area contributed by atoms with Crippen LogP contribution < -0.4 is 0 Å². The normalized spacial score (nSPS) is 12.8. The molecule has 3 aromatic rings. The second-order valence-electron chi connectivity index (χ2n) is 6.47. The van der Waals surface area contributed by atoms with Crippen LogP contribution in [0.5, 0.6) is 0 Å². The molecule has 3 rings (SSSR count). The average Bonchev–Trinajstić information content (AvgIpc) is 2.60. The number of aromatic nitrogens is 1. The van der Waals surface area contributed by atoms with Crippen LogP contribution in [0.3, 0.4) is 0 Å². The van der Waals surface area contributed by atoms with Crippen LogP contribution in [-0.4, -0.2) is 27.4 Å². The quantitative estimate of drug-likeness (QED) is 0.478. The molecule has 1 aromatic heterocycles. The first kappa shape index (κ1) is 23.2. The van der Waals surface area contributed by atoms with Crippen molar-refractivity contribution in [3.05, 3.63) is 83.6 Å². The summed E-state index contributed by atoms with van der Waals surface area (Å²) in [5.41, 5.74) is 4.28. The van der Waals surface area contributed by atoms with Gasteiger partial charge in [0.25, 0.3) is 0 Å². The van der Waals surface area contributed by atoms with E-state index in [0.29, 0.717) is 6.42 Å². The van der Waals surface area contributed by atoms with E-state index in [9.17, 15) is 0 Å². The number of hydrogen-bond acceptors (Lipinski definition) is 3. The number of para-hydroxylation sites is 1. The molecule has 0 aliphatic rings.